The van der Waals surface area contributed by atoms with E-state index in [4.69, 9.17) is 9.47 Å². The fraction of sp³-hybridized carbons (Fsp3) is 0.273. The molecule has 6 heteroatoms. The lowest BCUT2D eigenvalue weighted by Gasteiger charge is -2.13. The van der Waals surface area contributed by atoms with Gasteiger partial charge >= 0.3 is 0 Å². The molecule has 0 saturated heterocycles. The third-order valence-corrected chi connectivity index (χ3v) is 4.42. The quantitative estimate of drug-likeness (QED) is 0.617. The van der Waals surface area contributed by atoms with Crippen LogP contribution < -0.4 is 20.1 Å². The summed E-state index contributed by atoms with van der Waals surface area (Å²) >= 11 is 0. The number of nitrogens with zero attached hydrogens (tertiary/aromatic N) is 2. The van der Waals surface area contributed by atoms with E-state index < -0.39 is 0 Å². The number of ether oxygens (including phenoxy) is 2. The van der Waals surface area contributed by atoms with Crippen LogP contribution in [0.1, 0.15) is 22.5 Å². The van der Waals surface area contributed by atoms with Crippen LogP contribution in [0.15, 0.2) is 42.5 Å². The first kappa shape index (κ1) is 19.5. The van der Waals surface area contributed by atoms with E-state index in [0.29, 0.717) is 23.9 Å². The van der Waals surface area contributed by atoms with E-state index in [1.54, 1.807) is 14.2 Å². The van der Waals surface area contributed by atoms with Crippen molar-refractivity contribution >= 4 is 17.3 Å². The van der Waals surface area contributed by atoms with Crippen molar-refractivity contribution in [3.05, 3.63) is 65.0 Å². The molecule has 0 aliphatic heterocycles. The number of anilines is 3. The second kappa shape index (κ2) is 8.61. The molecule has 0 bridgehead atoms. The van der Waals surface area contributed by atoms with Gasteiger partial charge in [0.25, 0.3) is 0 Å². The Labute approximate surface area is 166 Å². The van der Waals surface area contributed by atoms with E-state index in [-0.39, 0.29) is 0 Å². The summed E-state index contributed by atoms with van der Waals surface area (Å²) in [6, 6.07) is 14.1. The van der Waals surface area contributed by atoms with E-state index in [1.165, 1.54) is 11.1 Å². The topological polar surface area (TPSA) is 68.3 Å². The first-order valence-electron chi connectivity index (χ1n) is 9.13. The number of hydrogen-bond donors (Lipinski definition) is 2. The zero-order valence-corrected chi connectivity index (χ0v) is 17.0. The normalized spacial score (nSPS) is 10.5. The van der Waals surface area contributed by atoms with Gasteiger partial charge in [-0.3, -0.25) is 0 Å². The van der Waals surface area contributed by atoms with Crippen molar-refractivity contribution in [2.75, 3.05) is 24.9 Å². The van der Waals surface area contributed by atoms with E-state index in [2.05, 4.69) is 52.6 Å². The van der Waals surface area contributed by atoms with Gasteiger partial charge in [-0.2, -0.15) is 0 Å². The summed E-state index contributed by atoms with van der Waals surface area (Å²) in [7, 11) is 3.26. The minimum absolute atomic E-state index is 0.611. The van der Waals surface area contributed by atoms with Crippen LogP contribution in [0.25, 0.3) is 0 Å². The zero-order chi connectivity index (χ0) is 20.1. The summed E-state index contributed by atoms with van der Waals surface area (Å²) in [4.78, 5) is 8.99. The van der Waals surface area contributed by atoms with Gasteiger partial charge in [0, 0.05) is 18.3 Å². The van der Waals surface area contributed by atoms with Gasteiger partial charge in [0.05, 0.1) is 14.2 Å². The molecule has 0 fully saturated rings. The summed E-state index contributed by atoms with van der Waals surface area (Å²) in [6.07, 6.45) is 0. The number of aromatic nitrogens is 2. The molecule has 0 unspecified atom stereocenters. The van der Waals surface area contributed by atoms with Crippen molar-refractivity contribution in [1.29, 1.82) is 0 Å². The Balaban J connectivity index is 1.75. The van der Waals surface area contributed by atoms with Gasteiger partial charge in [-0.1, -0.05) is 18.2 Å². The molecule has 3 rings (SSSR count). The van der Waals surface area contributed by atoms with Crippen molar-refractivity contribution < 1.29 is 9.47 Å². The Morgan fingerprint density at radius 3 is 2.32 bits per heavy atom. The minimum atomic E-state index is 0.611. The highest BCUT2D eigenvalue weighted by Crippen LogP contribution is 2.28. The van der Waals surface area contributed by atoms with Gasteiger partial charge in [-0.15, -0.1) is 0 Å². The maximum Gasteiger partial charge on any atom is 0.161 e. The lowest BCUT2D eigenvalue weighted by atomic mass is 10.1. The van der Waals surface area contributed by atoms with Crippen molar-refractivity contribution in [3.8, 4) is 11.5 Å². The molecule has 0 atom stereocenters. The molecular weight excluding hydrogens is 352 g/mol. The van der Waals surface area contributed by atoms with Crippen molar-refractivity contribution in [3.63, 3.8) is 0 Å². The molecular formula is C22H26N4O2. The van der Waals surface area contributed by atoms with Gasteiger partial charge in [0.1, 0.15) is 17.5 Å². The van der Waals surface area contributed by atoms with Crippen molar-refractivity contribution in [2.24, 2.45) is 0 Å². The number of rotatable bonds is 7. The molecule has 0 amide bonds. The standard InChI is InChI=1S/C22H26N4O2/c1-14-6-7-15(2)18(10-14)26-22-12-21(24-16(3)25-22)23-13-17-8-9-19(27-4)20(11-17)28-5/h6-12H,13H2,1-5H3,(H2,23,24,25,26). The molecule has 146 valence electrons. The van der Waals surface area contributed by atoms with Gasteiger partial charge in [-0.05, 0) is 55.7 Å². The lowest BCUT2D eigenvalue weighted by molar-refractivity contribution is 0.354. The molecule has 3 aromatic rings. The van der Waals surface area contributed by atoms with Crippen molar-refractivity contribution in [1.82, 2.24) is 9.97 Å². The maximum absolute atomic E-state index is 5.37. The predicted octanol–water partition coefficient (Wildman–Crippen LogP) is 4.77. The van der Waals surface area contributed by atoms with Crippen LogP contribution in [0.5, 0.6) is 11.5 Å². The van der Waals surface area contributed by atoms with Crippen molar-refractivity contribution in [2.45, 2.75) is 27.3 Å². The molecule has 2 aromatic carbocycles. The number of hydrogen-bond acceptors (Lipinski definition) is 6. The van der Waals surface area contributed by atoms with Crippen LogP contribution in [-0.2, 0) is 6.54 Å². The second-order valence-corrected chi connectivity index (χ2v) is 6.67. The van der Waals surface area contributed by atoms with E-state index in [1.807, 2.05) is 31.2 Å². The highest BCUT2D eigenvalue weighted by molar-refractivity contribution is 5.63. The predicted molar refractivity (Wildman–Crippen MR) is 113 cm³/mol. The average molecular weight is 378 g/mol. The van der Waals surface area contributed by atoms with Crippen LogP contribution in [0.4, 0.5) is 17.3 Å². The SMILES string of the molecule is COc1ccc(CNc2cc(Nc3cc(C)ccc3C)nc(C)n2)cc1OC. The second-order valence-electron chi connectivity index (χ2n) is 6.67. The molecule has 1 heterocycles. The minimum Gasteiger partial charge on any atom is -0.493 e. The lowest BCUT2D eigenvalue weighted by Crippen LogP contribution is -2.06. The summed E-state index contributed by atoms with van der Waals surface area (Å²) in [6.45, 7) is 6.65. The largest absolute Gasteiger partial charge is 0.493 e. The van der Waals surface area contributed by atoms with Crippen LogP contribution in [0.3, 0.4) is 0 Å². The first-order valence-corrected chi connectivity index (χ1v) is 9.13. The highest BCUT2D eigenvalue weighted by atomic mass is 16.5. The third kappa shape index (κ3) is 4.71. The van der Waals surface area contributed by atoms with Gasteiger partial charge in [0.15, 0.2) is 11.5 Å². The molecule has 28 heavy (non-hydrogen) atoms. The summed E-state index contributed by atoms with van der Waals surface area (Å²) in [5, 5.41) is 6.75. The molecule has 6 nitrogen and oxygen atoms in total. The Hall–Kier alpha value is -3.28. The number of nitrogens with one attached hydrogen (secondary N) is 2. The summed E-state index contributed by atoms with van der Waals surface area (Å²) in [5.41, 5.74) is 4.48. The van der Waals surface area contributed by atoms with Gasteiger partial charge in [-0.25, -0.2) is 9.97 Å². The Kier molecular flexibility index (Phi) is 5.99. The maximum atomic E-state index is 5.37. The van der Waals surface area contributed by atoms with Gasteiger partial charge in [0.2, 0.25) is 0 Å². The van der Waals surface area contributed by atoms with E-state index in [0.717, 1.165) is 22.9 Å². The van der Waals surface area contributed by atoms with Crippen LogP contribution >= 0.6 is 0 Å². The van der Waals surface area contributed by atoms with E-state index >= 15 is 0 Å². The Bertz CT molecular complexity index is 973. The molecule has 0 aliphatic carbocycles. The van der Waals surface area contributed by atoms with Gasteiger partial charge < -0.3 is 20.1 Å². The highest BCUT2D eigenvalue weighted by Gasteiger charge is 2.07. The number of methoxy groups -OCH3 is 2. The van der Waals surface area contributed by atoms with Crippen LogP contribution in [0, 0.1) is 20.8 Å². The molecule has 0 saturated carbocycles. The number of aryl methyl sites for hydroxylation is 3. The fourth-order valence-corrected chi connectivity index (χ4v) is 2.91. The van der Waals surface area contributed by atoms with Crippen LogP contribution in [-0.4, -0.2) is 24.2 Å². The molecule has 1 aromatic heterocycles. The van der Waals surface area contributed by atoms with Crippen LogP contribution in [0.2, 0.25) is 0 Å². The first-order chi connectivity index (χ1) is 13.5. The van der Waals surface area contributed by atoms with E-state index in [9.17, 15) is 0 Å². The summed E-state index contributed by atoms with van der Waals surface area (Å²) < 4.78 is 10.7. The zero-order valence-electron chi connectivity index (χ0n) is 17.0. The summed E-state index contributed by atoms with van der Waals surface area (Å²) in [5.74, 6) is 3.64. The molecule has 0 radical (unpaired) electrons. The fourth-order valence-electron chi connectivity index (χ4n) is 2.91. The average Bonchev–Trinajstić information content (AvgIpc) is 2.68. The third-order valence-electron chi connectivity index (χ3n) is 4.42. The molecule has 0 spiro atoms. The molecule has 0 aliphatic rings. The Morgan fingerprint density at radius 2 is 1.57 bits per heavy atom. The Morgan fingerprint density at radius 1 is 0.821 bits per heavy atom. The smallest absolute Gasteiger partial charge is 0.161 e. The molecule has 2 N–H and O–H groups in total. The monoisotopic (exact) mass is 378 g/mol. The number of benzene rings is 2.